The minimum atomic E-state index is -0.0478. The minimum absolute atomic E-state index is 0.0478. The zero-order chi connectivity index (χ0) is 7.72. The van der Waals surface area contributed by atoms with Crippen molar-refractivity contribution in [1.82, 2.24) is 0 Å². The predicted octanol–water partition coefficient (Wildman–Crippen LogP) is 1.21. The Morgan fingerprint density at radius 1 is 1.30 bits per heavy atom. The number of phenols is 1. The summed E-state index contributed by atoms with van der Waals surface area (Å²) < 4.78 is 0. The molecule has 0 fully saturated rings. The molecule has 0 bridgehead atoms. The van der Waals surface area contributed by atoms with Crippen molar-refractivity contribution < 1.29 is 5.11 Å². The van der Waals surface area contributed by atoms with Crippen LogP contribution in [-0.4, -0.2) is 5.11 Å². The number of aromatic hydroxyl groups is 1. The van der Waals surface area contributed by atoms with Crippen molar-refractivity contribution in [2.45, 2.75) is 0 Å². The summed E-state index contributed by atoms with van der Waals surface area (Å²) in [5, 5.41) is 9.07. The number of hydrogen-bond acceptors (Lipinski definition) is 3. The average Bonchev–Trinajstić information content (AvgIpc) is 1.93. The molecule has 0 radical (unpaired) electrons. The van der Waals surface area contributed by atoms with E-state index in [0.717, 1.165) is 0 Å². The maximum absolute atomic E-state index is 8.96. The smallest absolute Gasteiger partial charge is 0.136 e. The first-order chi connectivity index (χ1) is 4.63. The number of halogens is 1. The molecular formula is C6H7ClN2O. The molecule has 0 unspecified atom stereocenters. The van der Waals surface area contributed by atoms with Crippen LogP contribution >= 0.6 is 11.6 Å². The molecule has 10 heavy (non-hydrogen) atoms. The van der Waals surface area contributed by atoms with E-state index in [-0.39, 0.29) is 16.5 Å². The largest absolute Gasteiger partial charge is 0.506 e. The highest BCUT2D eigenvalue weighted by Gasteiger charge is 2.03. The second-order valence-corrected chi connectivity index (χ2v) is 2.28. The van der Waals surface area contributed by atoms with Gasteiger partial charge in [-0.2, -0.15) is 0 Å². The van der Waals surface area contributed by atoms with Gasteiger partial charge in [-0.05, 0) is 12.1 Å². The highest BCUT2D eigenvalue weighted by Crippen LogP contribution is 2.32. The molecule has 0 aliphatic heterocycles. The number of hydrogen-bond donors (Lipinski definition) is 3. The first-order valence-corrected chi connectivity index (χ1v) is 3.03. The van der Waals surface area contributed by atoms with Crippen molar-refractivity contribution >= 4 is 23.0 Å². The van der Waals surface area contributed by atoms with Crippen LogP contribution in [0.15, 0.2) is 12.1 Å². The van der Waals surface area contributed by atoms with Gasteiger partial charge in [-0.1, -0.05) is 11.6 Å². The lowest BCUT2D eigenvalue weighted by Crippen LogP contribution is -1.94. The fourth-order valence-corrected chi connectivity index (χ4v) is 0.768. The van der Waals surface area contributed by atoms with Crippen LogP contribution in [0.5, 0.6) is 5.75 Å². The molecule has 0 aromatic heterocycles. The van der Waals surface area contributed by atoms with Crippen LogP contribution in [-0.2, 0) is 0 Å². The minimum Gasteiger partial charge on any atom is -0.506 e. The van der Waals surface area contributed by atoms with E-state index in [1.165, 1.54) is 12.1 Å². The first-order valence-electron chi connectivity index (χ1n) is 2.65. The van der Waals surface area contributed by atoms with Crippen molar-refractivity contribution in [2.75, 3.05) is 11.5 Å². The molecule has 1 aromatic carbocycles. The van der Waals surface area contributed by atoms with Gasteiger partial charge < -0.3 is 16.6 Å². The van der Waals surface area contributed by atoms with E-state index < -0.39 is 0 Å². The number of anilines is 2. The third-order valence-corrected chi connectivity index (χ3v) is 1.59. The third-order valence-electron chi connectivity index (χ3n) is 1.19. The van der Waals surface area contributed by atoms with Crippen LogP contribution < -0.4 is 11.5 Å². The number of benzene rings is 1. The van der Waals surface area contributed by atoms with Gasteiger partial charge in [0.1, 0.15) is 10.8 Å². The summed E-state index contributed by atoms with van der Waals surface area (Å²) >= 11 is 5.53. The normalized spacial score (nSPS) is 9.70. The Hall–Kier alpha value is -1.09. The van der Waals surface area contributed by atoms with E-state index in [9.17, 15) is 0 Å². The molecule has 0 saturated carbocycles. The lowest BCUT2D eigenvalue weighted by molar-refractivity contribution is 0.476. The summed E-state index contributed by atoms with van der Waals surface area (Å²) in [4.78, 5) is 0. The van der Waals surface area contributed by atoms with E-state index in [1.54, 1.807) is 0 Å². The van der Waals surface area contributed by atoms with E-state index >= 15 is 0 Å². The van der Waals surface area contributed by atoms with Gasteiger partial charge in [0.2, 0.25) is 0 Å². The number of rotatable bonds is 0. The van der Waals surface area contributed by atoms with Crippen molar-refractivity contribution in [3.05, 3.63) is 17.2 Å². The molecule has 1 aromatic rings. The van der Waals surface area contributed by atoms with Crippen molar-refractivity contribution in [2.24, 2.45) is 0 Å². The molecule has 4 heteroatoms. The zero-order valence-corrected chi connectivity index (χ0v) is 5.89. The van der Waals surface area contributed by atoms with Gasteiger partial charge >= 0.3 is 0 Å². The Morgan fingerprint density at radius 2 is 1.90 bits per heavy atom. The molecule has 0 atom stereocenters. The maximum Gasteiger partial charge on any atom is 0.136 e. The second-order valence-electron chi connectivity index (χ2n) is 1.90. The predicted molar refractivity (Wildman–Crippen MR) is 41.9 cm³/mol. The van der Waals surface area contributed by atoms with E-state index in [2.05, 4.69) is 0 Å². The van der Waals surface area contributed by atoms with Crippen LogP contribution in [0, 0.1) is 0 Å². The molecule has 0 spiro atoms. The molecule has 0 aliphatic carbocycles. The summed E-state index contributed by atoms with van der Waals surface area (Å²) in [7, 11) is 0. The Balaban J connectivity index is 3.34. The molecule has 0 saturated heterocycles. The van der Waals surface area contributed by atoms with Crippen LogP contribution in [0.2, 0.25) is 5.02 Å². The van der Waals surface area contributed by atoms with E-state index in [1.807, 2.05) is 0 Å². The van der Waals surface area contributed by atoms with Gasteiger partial charge in [0.25, 0.3) is 0 Å². The number of nitrogen functional groups attached to an aromatic ring is 2. The molecule has 54 valence electrons. The molecule has 0 amide bonds. The van der Waals surface area contributed by atoms with Gasteiger partial charge in [-0.15, -0.1) is 0 Å². The SMILES string of the molecule is Nc1ccc(O)c(Cl)c1N. The lowest BCUT2D eigenvalue weighted by atomic mass is 10.2. The Kier molecular flexibility index (Phi) is 1.59. The van der Waals surface area contributed by atoms with Crippen molar-refractivity contribution in [3.63, 3.8) is 0 Å². The van der Waals surface area contributed by atoms with Crippen molar-refractivity contribution in [3.8, 4) is 5.75 Å². The van der Waals surface area contributed by atoms with Crippen molar-refractivity contribution in [1.29, 1.82) is 0 Å². The zero-order valence-electron chi connectivity index (χ0n) is 5.13. The molecule has 0 heterocycles. The van der Waals surface area contributed by atoms with Gasteiger partial charge in [0.15, 0.2) is 0 Å². The summed E-state index contributed by atoms with van der Waals surface area (Å²) in [6.45, 7) is 0. The Labute approximate surface area is 63.2 Å². The second kappa shape index (κ2) is 2.27. The van der Waals surface area contributed by atoms with Crippen LogP contribution in [0.1, 0.15) is 0 Å². The average molecular weight is 159 g/mol. The van der Waals surface area contributed by atoms with Crippen LogP contribution in [0.4, 0.5) is 11.4 Å². The maximum atomic E-state index is 8.96. The molecule has 0 aliphatic rings. The lowest BCUT2D eigenvalue weighted by Gasteiger charge is -2.02. The third kappa shape index (κ3) is 0.953. The van der Waals surface area contributed by atoms with Crippen LogP contribution in [0.3, 0.4) is 0 Å². The monoisotopic (exact) mass is 158 g/mol. The number of nitrogens with two attached hydrogens (primary N) is 2. The first kappa shape index (κ1) is 7.02. The summed E-state index contributed by atoms with van der Waals surface area (Å²) in [6.07, 6.45) is 0. The van der Waals surface area contributed by atoms with E-state index in [4.69, 9.17) is 28.2 Å². The summed E-state index contributed by atoms with van der Waals surface area (Å²) in [5.41, 5.74) is 11.3. The van der Waals surface area contributed by atoms with Gasteiger partial charge in [0, 0.05) is 0 Å². The molecule has 1 rings (SSSR count). The van der Waals surface area contributed by atoms with Crippen LogP contribution in [0.25, 0.3) is 0 Å². The van der Waals surface area contributed by atoms with Gasteiger partial charge in [-0.3, -0.25) is 0 Å². The molecule has 3 nitrogen and oxygen atoms in total. The quantitative estimate of drug-likeness (QED) is 0.393. The highest BCUT2D eigenvalue weighted by atomic mass is 35.5. The summed E-state index contributed by atoms with van der Waals surface area (Å²) in [6, 6.07) is 2.89. The molecule has 5 N–H and O–H groups in total. The standard InChI is InChI=1S/C6H7ClN2O/c7-5-4(10)2-1-3(8)6(5)9/h1-2,10H,8-9H2. The fraction of sp³-hybridized carbons (Fsp3) is 0. The van der Waals surface area contributed by atoms with Gasteiger partial charge in [-0.25, -0.2) is 0 Å². The Morgan fingerprint density at radius 3 is 2.40 bits per heavy atom. The van der Waals surface area contributed by atoms with Gasteiger partial charge in [0.05, 0.1) is 11.4 Å². The Bertz CT molecular complexity index is 235. The summed E-state index contributed by atoms with van der Waals surface area (Å²) in [5.74, 6) is -0.0478. The fourth-order valence-electron chi connectivity index (χ4n) is 0.596. The highest BCUT2D eigenvalue weighted by molar-refractivity contribution is 6.35. The number of phenolic OH excluding ortho intramolecular Hbond substituents is 1. The molecular weight excluding hydrogens is 152 g/mol. The van der Waals surface area contributed by atoms with E-state index in [0.29, 0.717) is 5.69 Å². The topological polar surface area (TPSA) is 72.3 Å².